The fraction of sp³-hybridized carbons (Fsp3) is 0.500. The largest absolute Gasteiger partial charge is 0.342 e. The number of carbonyl (C=O) groups is 1. The summed E-state index contributed by atoms with van der Waals surface area (Å²) in [6.45, 7) is 7.07. The van der Waals surface area contributed by atoms with Gasteiger partial charge in [0.15, 0.2) is 0 Å². The molecule has 0 radical (unpaired) electrons. The number of hydrogen-bond acceptors (Lipinski definition) is 3. The van der Waals surface area contributed by atoms with Crippen LogP contribution in [0.25, 0.3) is 0 Å². The summed E-state index contributed by atoms with van der Waals surface area (Å²) in [5, 5.41) is 8.96. The second kappa shape index (κ2) is 5.63. The van der Waals surface area contributed by atoms with E-state index in [-0.39, 0.29) is 11.3 Å². The Balaban J connectivity index is 2.78. The molecule has 0 spiro atoms. The first-order valence-corrected chi connectivity index (χ1v) is 5.95. The van der Waals surface area contributed by atoms with E-state index in [1.54, 1.807) is 18.0 Å². The maximum absolute atomic E-state index is 12.2. The summed E-state index contributed by atoms with van der Waals surface area (Å²) in [5.41, 5.74) is 0.927. The van der Waals surface area contributed by atoms with Gasteiger partial charge in [-0.05, 0) is 17.9 Å². The molecule has 96 valence electrons. The van der Waals surface area contributed by atoms with Gasteiger partial charge in [0.1, 0.15) is 6.07 Å². The second-order valence-electron chi connectivity index (χ2n) is 5.57. The lowest BCUT2D eigenvalue weighted by atomic mass is 9.92. The molecular weight excluding hydrogens is 226 g/mol. The summed E-state index contributed by atoms with van der Waals surface area (Å²) in [6.07, 6.45) is 3.89. The molecule has 0 unspecified atom stereocenters. The first kappa shape index (κ1) is 14.2. The summed E-state index contributed by atoms with van der Waals surface area (Å²) in [5.74, 6) is -0.149. The SMILES string of the molecule is CN(CCC(C)(C)C)C(=O)c1cnccc1C#N. The standard InChI is InChI=1S/C14H19N3O/c1-14(2,3)6-8-17(4)13(18)12-10-16-7-5-11(12)9-15/h5,7,10H,6,8H2,1-4H3. The van der Waals surface area contributed by atoms with Crippen LogP contribution in [0.2, 0.25) is 0 Å². The molecular formula is C14H19N3O. The van der Waals surface area contributed by atoms with Gasteiger partial charge in [-0.2, -0.15) is 5.26 Å². The number of carbonyl (C=O) groups excluding carboxylic acids is 1. The molecule has 1 amide bonds. The Hall–Kier alpha value is -1.89. The van der Waals surface area contributed by atoms with Crippen molar-refractivity contribution in [2.45, 2.75) is 27.2 Å². The Labute approximate surface area is 108 Å². The fourth-order valence-corrected chi connectivity index (χ4v) is 1.47. The van der Waals surface area contributed by atoms with Gasteiger partial charge in [-0.3, -0.25) is 9.78 Å². The lowest BCUT2D eigenvalue weighted by Crippen LogP contribution is -2.30. The molecule has 0 aromatic carbocycles. The normalized spacial score (nSPS) is 10.8. The topological polar surface area (TPSA) is 57.0 Å². The third-order valence-electron chi connectivity index (χ3n) is 2.72. The van der Waals surface area contributed by atoms with Crippen molar-refractivity contribution in [3.63, 3.8) is 0 Å². The van der Waals surface area contributed by atoms with E-state index in [0.717, 1.165) is 6.42 Å². The third-order valence-corrected chi connectivity index (χ3v) is 2.72. The molecule has 0 aliphatic heterocycles. The molecule has 0 fully saturated rings. The number of nitrogens with zero attached hydrogens (tertiary/aromatic N) is 3. The monoisotopic (exact) mass is 245 g/mol. The Morgan fingerprint density at radius 1 is 1.50 bits per heavy atom. The van der Waals surface area contributed by atoms with E-state index in [9.17, 15) is 4.79 Å². The zero-order chi connectivity index (χ0) is 13.8. The van der Waals surface area contributed by atoms with Crippen molar-refractivity contribution in [1.29, 1.82) is 5.26 Å². The highest BCUT2D eigenvalue weighted by atomic mass is 16.2. The molecule has 0 N–H and O–H groups in total. The van der Waals surface area contributed by atoms with E-state index in [0.29, 0.717) is 17.7 Å². The molecule has 0 aliphatic rings. The second-order valence-corrected chi connectivity index (χ2v) is 5.57. The molecule has 0 atom stereocenters. The van der Waals surface area contributed by atoms with Crippen LogP contribution in [0, 0.1) is 16.7 Å². The van der Waals surface area contributed by atoms with E-state index in [4.69, 9.17) is 5.26 Å². The molecule has 1 aromatic rings. The van der Waals surface area contributed by atoms with Crippen LogP contribution in [0.3, 0.4) is 0 Å². The number of nitriles is 1. The van der Waals surface area contributed by atoms with Gasteiger partial charge >= 0.3 is 0 Å². The van der Waals surface area contributed by atoms with Crippen LogP contribution >= 0.6 is 0 Å². The molecule has 4 heteroatoms. The minimum absolute atomic E-state index is 0.149. The zero-order valence-electron chi connectivity index (χ0n) is 11.4. The van der Waals surface area contributed by atoms with Crippen molar-refractivity contribution in [1.82, 2.24) is 9.88 Å². The van der Waals surface area contributed by atoms with Crippen LogP contribution in [0.15, 0.2) is 18.5 Å². The van der Waals surface area contributed by atoms with Crippen LogP contribution in [-0.4, -0.2) is 29.4 Å². The lowest BCUT2D eigenvalue weighted by molar-refractivity contribution is 0.0779. The average molecular weight is 245 g/mol. The Morgan fingerprint density at radius 3 is 2.72 bits per heavy atom. The lowest BCUT2D eigenvalue weighted by Gasteiger charge is -2.23. The van der Waals surface area contributed by atoms with Gasteiger partial charge in [-0.1, -0.05) is 20.8 Å². The summed E-state index contributed by atoms with van der Waals surface area (Å²) in [4.78, 5) is 17.7. The number of hydrogen-bond donors (Lipinski definition) is 0. The van der Waals surface area contributed by atoms with Crippen LogP contribution in [0.1, 0.15) is 43.1 Å². The predicted octanol–water partition coefficient (Wildman–Crippen LogP) is 2.46. The number of amides is 1. The van der Waals surface area contributed by atoms with Crippen molar-refractivity contribution in [3.8, 4) is 6.07 Å². The van der Waals surface area contributed by atoms with Crippen molar-refractivity contribution in [3.05, 3.63) is 29.6 Å². The van der Waals surface area contributed by atoms with Gasteiger partial charge in [-0.25, -0.2) is 0 Å². The predicted molar refractivity (Wildman–Crippen MR) is 70.0 cm³/mol. The van der Waals surface area contributed by atoms with E-state index in [1.165, 1.54) is 12.4 Å². The molecule has 0 saturated heterocycles. The van der Waals surface area contributed by atoms with Crippen LogP contribution in [0.5, 0.6) is 0 Å². The Kier molecular flexibility index (Phi) is 4.43. The molecule has 1 aromatic heterocycles. The molecule has 0 saturated carbocycles. The molecule has 18 heavy (non-hydrogen) atoms. The first-order valence-electron chi connectivity index (χ1n) is 5.95. The number of rotatable bonds is 3. The van der Waals surface area contributed by atoms with Gasteiger partial charge < -0.3 is 4.90 Å². The van der Waals surface area contributed by atoms with Gasteiger partial charge in [0, 0.05) is 26.0 Å². The summed E-state index contributed by atoms with van der Waals surface area (Å²) in [6, 6.07) is 3.58. The quantitative estimate of drug-likeness (QED) is 0.822. The minimum Gasteiger partial charge on any atom is -0.342 e. The molecule has 0 bridgehead atoms. The smallest absolute Gasteiger partial charge is 0.256 e. The number of pyridine rings is 1. The summed E-state index contributed by atoms with van der Waals surface area (Å²) in [7, 11) is 1.75. The van der Waals surface area contributed by atoms with Crippen LogP contribution < -0.4 is 0 Å². The number of aromatic nitrogens is 1. The summed E-state index contributed by atoms with van der Waals surface area (Å²) < 4.78 is 0. The van der Waals surface area contributed by atoms with Gasteiger partial charge in [-0.15, -0.1) is 0 Å². The highest BCUT2D eigenvalue weighted by Gasteiger charge is 2.18. The van der Waals surface area contributed by atoms with Crippen molar-refractivity contribution in [2.75, 3.05) is 13.6 Å². The van der Waals surface area contributed by atoms with Crippen molar-refractivity contribution in [2.24, 2.45) is 5.41 Å². The molecule has 1 rings (SSSR count). The average Bonchev–Trinajstić information content (AvgIpc) is 2.34. The van der Waals surface area contributed by atoms with Crippen molar-refractivity contribution >= 4 is 5.91 Å². The van der Waals surface area contributed by atoms with Crippen LogP contribution in [-0.2, 0) is 0 Å². The van der Waals surface area contributed by atoms with Crippen LogP contribution in [0.4, 0.5) is 0 Å². The molecule has 1 heterocycles. The third kappa shape index (κ3) is 3.85. The maximum atomic E-state index is 12.2. The Morgan fingerprint density at radius 2 is 2.17 bits per heavy atom. The minimum atomic E-state index is -0.149. The van der Waals surface area contributed by atoms with E-state index >= 15 is 0 Å². The zero-order valence-corrected chi connectivity index (χ0v) is 11.4. The highest BCUT2D eigenvalue weighted by Crippen LogP contribution is 2.19. The van der Waals surface area contributed by atoms with Gasteiger partial charge in [0.05, 0.1) is 11.1 Å². The first-order chi connectivity index (χ1) is 8.35. The molecule has 4 nitrogen and oxygen atoms in total. The van der Waals surface area contributed by atoms with Crippen molar-refractivity contribution < 1.29 is 4.79 Å². The highest BCUT2D eigenvalue weighted by molar-refractivity contribution is 5.96. The van der Waals surface area contributed by atoms with Gasteiger partial charge in [0.25, 0.3) is 5.91 Å². The molecule has 0 aliphatic carbocycles. The van der Waals surface area contributed by atoms with E-state index in [1.807, 2.05) is 6.07 Å². The van der Waals surface area contributed by atoms with E-state index < -0.39 is 0 Å². The maximum Gasteiger partial charge on any atom is 0.256 e. The fourth-order valence-electron chi connectivity index (χ4n) is 1.47. The Bertz CT molecular complexity index is 469. The van der Waals surface area contributed by atoms with E-state index in [2.05, 4.69) is 25.8 Å². The van der Waals surface area contributed by atoms with Gasteiger partial charge in [0.2, 0.25) is 0 Å². The summed E-state index contributed by atoms with van der Waals surface area (Å²) >= 11 is 0.